The third kappa shape index (κ3) is 3.54. The fourth-order valence-electron chi connectivity index (χ4n) is 4.87. The number of nitrogens with one attached hydrogen (secondary N) is 1. The molecule has 2 bridgehead atoms. The van der Waals surface area contributed by atoms with Gasteiger partial charge in [0.25, 0.3) is 5.91 Å². The number of benzene rings is 1. The largest absolute Gasteiger partial charge is 0.486 e. The summed E-state index contributed by atoms with van der Waals surface area (Å²) in [6.07, 6.45) is 6.63. The molecule has 29 heavy (non-hydrogen) atoms. The number of halogens is 1. The molecule has 7 heteroatoms. The van der Waals surface area contributed by atoms with Gasteiger partial charge in [-0.05, 0) is 68.2 Å². The summed E-state index contributed by atoms with van der Waals surface area (Å²) in [5, 5.41) is 3.78. The molecule has 6 rings (SSSR count). The SMILES string of the molecule is Cc1cc(OCC(=O)CC23CC(NC(=O)c4coc(C5CC5)n4)(C2)C3)ccc1Cl. The van der Waals surface area contributed by atoms with Crippen LogP contribution in [-0.4, -0.2) is 28.8 Å². The Labute approximate surface area is 174 Å². The van der Waals surface area contributed by atoms with Crippen LogP contribution in [0.5, 0.6) is 5.75 Å². The molecule has 2 aromatic rings. The lowest BCUT2D eigenvalue weighted by molar-refractivity contribution is -0.162. The molecule has 4 aliphatic carbocycles. The Bertz CT molecular complexity index is 975. The highest BCUT2D eigenvalue weighted by Gasteiger charge is 2.68. The van der Waals surface area contributed by atoms with Gasteiger partial charge in [0.2, 0.25) is 0 Å². The van der Waals surface area contributed by atoms with Gasteiger partial charge in [-0.2, -0.15) is 0 Å². The normalized spacial score (nSPS) is 27.0. The lowest BCUT2D eigenvalue weighted by Crippen LogP contribution is -2.75. The van der Waals surface area contributed by atoms with E-state index in [0.29, 0.717) is 34.7 Å². The van der Waals surface area contributed by atoms with E-state index in [1.165, 1.54) is 6.26 Å². The minimum atomic E-state index is -0.179. The number of rotatable bonds is 8. The van der Waals surface area contributed by atoms with Crippen molar-refractivity contribution >= 4 is 23.3 Å². The molecular weight excluding hydrogens is 392 g/mol. The van der Waals surface area contributed by atoms with Crippen molar-refractivity contribution in [3.63, 3.8) is 0 Å². The summed E-state index contributed by atoms with van der Waals surface area (Å²) >= 11 is 6.01. The number of aryl methyl sites for hydroxylation is 1. The monoisotopic (exact) mass is 414 g/mol. The number of hydrogen-bond acceptors (Lipinski definition) is 5. The molecule has 0 saturated heterocycles. The summed E-state index contributed by atoms with van der Waals surface area (Å²) in [5.41, 5.74) is 1.12. The number of hydrogen-bond donors (Lipinski definition) is 1. The lowest BCUT2D eigenvalue weighted by Gasteiger charge is -2.70. The molecule has 1 aromatic carbocycles. The molecule has 1 N–H and O–H groups in total. The van der Waals surface area contributed by atoms with Gasteiger partial charge in [0.15, 0.2) is 17.4 Å². The van der Waals surface area contributed by atoms with Crippen LogP contribution in [0.1, 0.15) is 66.4 Å². The van der Waals surface area contributed by atoms with Crippen molar-refractivity contribution in [1.29, 1.82) is 0 Å². The Morgan fingerprint density at radius 1 is 1.31 bits per heavy atom. The van der Waals surface area contributed by atoms with E-state index in [1.54, 1.807) is 12.1 Å². The zero-order valence-corrected chi connectivity index (χ0v) is 17.1. The minimum absolute atomic E-state index is 0.0205. The standard InChI is InChI=1S/C22H23ClN2O4/c1-13-6-16(4-5-17(13)23)28-8-15(26)7-21-10-22(11-21,12-21)25-19(27)18-9-29-20(24-18)14-2-3-14/h4-6,9,14H,2-3,7-8,10-12H2,1H3,(H,25,27). The number of aromatic nitrogens is 1. The van der Waals surface area contributed by atoms with Crippen LogP contribution in [0.2, 0.25) is 5.02 Å². The first-order valence-electron chi connectivity index (χ1n) is 10.0. The molecule has 1 heterocycles. The Hall–Kier alpha value is -2.34. The van der Waals surface area contributed by atoms with Crippen LogP contribution >= 0.6 is 11.6 Å². The summed E-state index contributed by atoms with van der Waals surface area (Å²) in [6.45, 7) is 1.96. The van der Waals surface area contributed by atoms with Crippen molar-refractivity contribution in [3.05, 3.63) is 46.6 Å². The molecule has 0 radical (unpaired) electrons. The predicted octanol–water partition coefficient (Wildman–Crippen LogP) is 4.20. The van der Waals surface area contributed by atoms with Gasteiger partial charge in [-0.25, -0.2) is 4.98 Å². The topological polar surface area (TPSA) is 81.4 Å². The zero-order valence-electron chi connectivity index (χ0n) is 16.3. The Kier molecular flexibility index (Phi) is 4.24. The van der Waals surface area contributed by atoms with Crippen molar-refractivity contribution in [1.82, 2.24) is 10.3 Å². The minimum Gasteiger partial charge on any atom is -0.486 e. The van der Waals surface area contributed by atoms with E-state index in [2.05, 4.69) is 10.3 Å². The second-order valence-electron chi connectivity index (χ2n) is 9.03. The molecule has 1 amide bonds. The van der Waals surface area contributed by atoms with E-state index >= 15 is 0 Å². The third-order valence-electron chi connectivity index (χ3n) is 6.30. The van der Waals surface area contributed by atoms with Gasteiger partial charge in [-0.3, -0.25) is 9.59 Å². The fraction of sp³-hybridized carbons (Fsp3) is 0.500. The Morgan fingerprint density at radius 3 is 2.76 bits per heavy atom. The molecule has 152 valence electrons. The number of nitrogens with zero attached hydrogens (tertiary/aromatic N) is 1. The smallest absolute Gasteiger partial charge is 0.273 e. The molecule has 0 aliphatic heterocycles. The average molecular weight is 415 g/mol. The van der Waals surface area contributed by atoms with Crippen LogP contribution in [0, 0.1) is 12.3 Å². The molecule has 0 spiro atoms. The van der Waals surface area contributed by atoms with Crippen molar-refractivity contribution < 1.29 is 18.7 Å². The van der Waals surface area contributed by atoms with Gasteiger partial charge in [-0.15, -0.1) is 0 Å². The van der Waals surface area contributed by atoms with Crippen molar-refractivity contribution in [2.45, 2.75) is 56.9 Å². The van der Waals surface area contributed by atoms with E-state index in [-0.39, 0.29) is 29.3 Å². The van der Waals surface area contributed by atoms with Crippen LogP contribution in [0.3, 0.4) is 0 Å². The van der Waals surface area contributed by atoms with E-state index in [4.69, 9.17) is 20.8 Å². The average Bonchev–Trinajstić information content (AvgIpc) is 3.36. The van der Waals surface area contributed by atoms with Gasteiger partial charge in [-0.1, -0.05) is 11.6 Å². The molecule has 6 nitrogen and oxygen atoms in total. The quantitative estimate of drug-likeness (QED) is 0.699. The first-order chi connectivity index (χ1) is 13.9. The predicted molar refractivity (Wildman–Crippen MR) is 106 cm³/mol. The number of carbonyl (C=O) groups is 2. The van der Waals surface area contributed by atoms with Crippen molar-refractivity contribution in [2.75, 3.05) is 6.61 Å². The molecular formula is C22H23ClN2O4. The summed E-state index contributed by atoms with van der Waals surface area (Å²) in [5.74, 6) is 1.62. The second-order valence-corrected chi connectivity index (χ2v) is 9.43. The molecule has 4 fully saturated rings. The summed E-state index contributed by atoms with van der Waals surface area (Å²) in [6, 6.07) is 5.37. The molecule has 0 unspecified atom stereocenters. The number of ketones is 1. The van der Waals surface area contributed by atoms with Crippen molar-refractivity contribution in [3.8, 4) is 5.75 Å². The maximum Gasteiger partial charge on any atom is 0.273 e. The molecule has 1 aromatic heterocycles. The second kappa shape index (κ2) is 6.59. The van der Waals surface area contributed by atoms with Gasteiger partial charge in [0.05, 0.1) is 0 Å². The summed E-state index contributed by atoms with van der Waals surface area (Å²) < 4.78 is 11.0. The highest BCUT2D eigenvalue weighted by molar-refractivity contribution is 6.31. The zero-order chi connectivity index (χ0) is 20.2. The molecule has 0 atom stereocenters. The summed E-state index contributed by atoms with van der Waals surface area (Å²) in [4.78, 5) is 29.1. The first-order valence-corrected chi connectivity index (χ1v) is 10.4. The number of oxazole rings is 1. The maximum atomic E-state index is 12.4. The number of amides is 1. The molecule has 4 aliphatic rings. The van der Waals surface area contributed by atoms with E-state index < -0.39 is 0 Å². The van der Waals surface area contributed by atoms with Crippen LogP contribution in [0.4, 0.5) is 0 Å². The van der Waals surface area contributed by atoms with Gasteiger partial charge < -0.3 is 14.5 Å². The fourth-order valence-corrected chi connectivity index (χ4v) is 4.99. The number of Topliss-reactive ketones (excluding diaryl/α,β-unsaturated/α-hetero) is 1. The summed E-state index contributed by atoms with van der Waals surface area (Å²) in [7, 11) is 0. The number of carbonyl (C=O) groups excluding carboxylic acids is 2. The van der Waals surface area contributed by atoms with Gasteiger partial charge >= 0.3 is 0 Å². The van der Waals surface area contributed by atoms with Gasteiger partial charge in [0.1, 0.15) is 18.6 Å². The Morgan fingerprint density at radius 2 is 2.07 bits per heavy atom. The first kappa shape index (κ1) is 18.7. The highest BCUT2D eigenvalue weighted by atomic mass is 35.5. The molecule has 4 saturated carbocycles. The van der Waals surface area contributed by atoms with Crippen LogP contribution in [0.15, 0.2) is 28.9 Å². The lowest BCUT2D eigenvalue weighted by atomic mass is 9.38. The maximum absolute atomic E-state index is 12.4. The van der Waals surface area contributed by atoms with Crippen LogP contribution in [0.25, 0.3) is 0 Å². The number of ether oxygens (including phenoxy) is 1. The van der Waals surface area contributed by atoms with Gasteiger partial charge in [0, 0.05) is 22.9 Å². The highest BCUT2D eigenvalue weighted by Crippen LogP contribution is 2.69. The Balaban J connectivity index is 1.08. The van der Waals surface area contributed by atoms with E-state index in [9.17, 15) is 9.59 Å². The van der Waals surface area contributed by atoms with Crippen molar-refractivity contribution in [2.24, 2.45) is 5.41 Å². The van der Waals surface area contributed by atoms with E-state index in [0.717, 1.165) is 37.7 Å². The van der Waals surface area contributed by atoms with Crippen LogP contribution in [-0.2, 0) is 4.79 Å². The van der Waals surface area contributed by atoms with Crippen LogP contribution < -0.4 is 10.1 Å². The third-order valence-corrected chi connectivity index (χ3v) is 6.73. The van der Waals surface area contributed by atoms with E-state index in [1.807, 2.05) is 13.0 Å².